The maximum Gasteiger partial charge on any atom is 0.161 e. The third kappa shape index (κ3) is 3.92. The summed E-state index contributed by atoms with van der Waals surface area (Å²) in [6, 6.07) is 15.6. The van der Waals surface area contributed by atoms with Crippen LogP contribution in [-0.4, -0.2) is 13.2 Å². The second-order valence-electron chi connectivity index (χ2n) is 4.75. The molecule has 0 aliphatic rings. The van der Waals surface area contributed by atoms with Crippen molar-refractivity contribution < 1.29 is 14.2 Å². The fourth-order valence-electron chi connectivity index (χ4n) is 1.84. The van der Waals surface area contributed by atoms with E-state index >= 15 is 0 Å². The summed E-state index contributed by atoms with van der Waals surface area (Å²) in [4.78, 5) is 0. The number of para-hydroxylation sites is 2. The molecule has 3 heteroatoms. The molecule has 0 fully saturated rings. The van der Waals surface area contributed by atoms with Crippen molar-refractivity contribution in [2.75, 3.05) is 7.11 Å². The van der Waals surface area contributed by atoms with Crippen LogP contribution in [0.1, 0.15) is 19.4 Å². The second kappa shape index (κ2) is 6.85. The van der Waals surface area contributed by atoms with Crippen molar-refractivity contribution in [3.63, 3.8) is 0 Å². The molecule has 0 bridgehead atoms. The van der Waals surface area contributed by atoms with Crippen molar-refractivity contribution in [3.05, 3.63) is 54.1 Å². The molecular formula is C17H20O3. The molecule has 0 atom stereocenters. The normalized spacial score (nSPS) is 10.4. The van der Waals surface area contributed by atoms with Gasteiger partial charge in [-0.05, 0) is 43.7 Å². The van der Waals surface area contributed by atoms with E-state index in [2.05, 4.69) is 0 Å². The van der Waals surface area contributed by atoms with Gasteiger partial charge in [-0.15, -0.1) is 0 Å². The van der Waals surface area contributed by atoms with Crippen LogP contribution in [0.4, 0.5) is 0 Å². The van der Waals surface area contributed by atoms with E-state index in [0.717, 1.165) is 22.8 Å². The predicted octanol–water partition coefficient (Wildman–Crippen LogP) is 4.06. The quantitative estimate of drug-likeness (QED) is 0.793. The molecule has 0 spiro atoms. The van der Waals surface area contributed by atoms with E-state index < -0.39 is 0 Å². The molecule has 0 amide bonds. The van der Waals surface area contributed by atoms with Crippen LogP contribution in [0, 0.1) is 0 Å². The molecule has 0 saturated heterocycles. The molecule has 0 aliphatic carbocycles. The van der Waals surface area contributed by atoms with Crippen molar-refractivity contribution in [2.45, 2.75) is 26.6 Å². The zero-order valence-electron chi connectivity index (χ0n) is 12.1. The third-order valence-electron chi connectivity index (χ3n) is 2.76. The molecular weight excluding hydrogens is 252 g/mol. The van der Waals surface area contributed by atoms with Gasteiger partial charge in [-0.25, -0.2) is 0 Å². The first kappa shape index (κ1) is 14.3. The summed E-state index contributed by atoms with van der Waals surface area (Å²) in [5.74, 6) is 2.37. The number of hydrogen-bond donors (Lipinski definition) is 0. The van der Waals surface area contributed by atoms with Gasteiger partial charge in [-0.1, -0.05) is 24.3 Å². The number of benzene rings is 2. The minimum absolute atomic E-state index is 0.186. The standard InChI is InChI=1S/C17H20O3/c1-13(2)20-15-10-8-14(9-11-15)12-19-17-7-5-4-6-16(17)18-3/h4-11,13H,12H2,1-3H3. The molecule has 0 saturated carbocycles. The van der Waals surface area contributed by atoms with Gasteiger partial charge in [0, 0.05) is 0 Å². The highest BCUT2D eigenvalue weighted by atomic mass is 16.5. The summed E-state index contributed by atoms with van der Waals surface area (Å²) < 4.78 is 16.6. The highest BCUT2D eigenvalue weighted by molar-refractivity contribution is 5.39. The number of ether oxygens (including phenoxy) is 3. The van der Waals surface area contributed by atoms with Crippen LogP contribution in [0.5, 0.6) is 17.2 Å². The molecule has 20 heavy (non-hydrogen) atoms. The summed E-state index contributed by atoms with van der Waals surface area (Å²) in [5, 5.41) is 0. The predicted molar refractivity (Wildman–Crippen MR) is 79.5 cm³/mol. The topological polar surface area (TPSA) is 27.7 Å². The SMILES string of the molecule is COc1ccccc1OCc1ccc(OC(C)C)cc1. The largest absolute Gasteiger partial charge is 0.493 e. The zero-order valence-corrected chi connectivity index (χ0v) is 12.1. The van der Waals surface area contributed by atoms with Crippen LogP contribution in [0.15, 0.2) is 48.5 Å². The van der Waals surface area contributed by atoms with E-state index in [4.69, 9.17) is 14.2 Å². The summed E-state index contributed by atoms with van der Waals surface area (Å²) >= 11 is 0. The molecule has 2 aromatic carbocycles. The van der Waals surface area contributed by atoms with Crippen molar-refractivity contribution in [1.82, 2.24) is 0 Å². The Morgan fingerprint density at radius 3 is 2.15 bits per heavy atom. The molecule has 0 radical (unpaired) electrons. The lowest BCUT2D eigenvalue weighted by Gasteiger charge is -2.12. The van der Waals surface area contributed by atoms with Crippen LogP contribution in [0.3, 0.4) is 0 Å². The van der Waals surface area contributed by atoms with Crippen LogP contribution >= 0.6 is 0 Å². The summed E-state index contributed by atoms with van der Waals surface area (Å²) in [6.45, 7) is 4.53. The monoisotopic (exact) mass is 272 g/mol. The fraction of sp³-hybridized carbons (Fsp3) is 0.294. The van der Waals surface area contributed by atoms with E-state index in [1.165, 1.54) is 0 Å². The first-order chi connectivity index (χ1) is 9.69. The van der Waals surface area contributed by atoms with E-state index in [9.17, 15) is 0 Å². The molecule has 0 unspecified atom stereocenters. The second-order valence-corrected chi connectivity index (χ2v) is 4.75. The first-order valence-corrected chi connectivity index (χ1v) is 6.70. The third-order valence-corrected chi connectivity index (χ3v) is 2.76. The van der Waals surface area contributed by atoms with E-state index in [0.29, 0.717) is 6.61 Å². The number of hydrogen-bond acceptors (Lipinski definition) is 3. The van der Waals surface area contributed by atoms with E-state index in [1.54, 1.807) is 7.11 Å². The average molecular weight is 272 g/mol. The zero-order chi connectivity index (χ0) is 14.4. The number of methoxy groups -OCH3 is 1. The van der Waals surface area contributed by atoms with Gasteiger partial charge in [0.25, 0.3) is 0 Å². The van der Waals surface area contributed by atoms with E-state index in [-0.39, 0.29) is 6.10 Å². The van der Waals surface area contributed by atoms with Gasteiger partial charge in [-0.2, -0.15) is 0 Å². The van der Waals surface area contributed by atoms with Gasteiger partial charge in [0.05, 0.1) is 13.2 Å². The van der Waals surface area contributed by atoms with Crippen LogP contribution < -0.4 is 14.2 Å². The molecule has 0 heterocycles. The molecule has 0 aromatic heterocycles. The van der Waals surface area contributed by atoms with Crippen molar-refractivity contribution in [1.29, 1.82) is 0 Å². The van der Waals surface area contributed by atoms with Gasteiger partial charge in [0.2, 0.25) is 0 Å². The lowest BCUT2D eigenvalue weighted by atomic mass is 10.2. The maximum atomic E-state index is 5.77. The van der Waals surface area contributed by atoms with Gasteiger partial charge < -0.3 is 14.2 Å². The molecule has 0 N–H and O–H groups in total. The lowest BCUT2D eigenvalue weighted by molar-refractivity contribution is 0.242. The van der Waals surface area contributed by atoms with Crippen LogP contribution in [0.2, 0.25) is 0 Å². The molecule has 106 valence electrons. The smallest absolute Gasteiger partial charge is 0.161 e. The minimum Gasteiger partial charge on any atom is -0.493 e. The molecule has 2 rings (SSSR count). The Hall–Kier alpha value is -2.16. The Labute approximate surface area is 120 Å². The van der Waals surface area contributed by atoms with Crippen molar-refractivity contribution >= 4 is 0 Å². The van der Waals surface area contributed by atoms with Gasteiger partial charge in [0.1, 0.15) is 12.4 Å². The average Bonchev–Trinajstić information content (AvgIpc) is 2.46. The van der Waals surface area contributed by atoms with Crippen LogP contribution in [0.25, 0.3) is 0 Å². The first-order valence-electron chi connectivity index (χ1n) is 6.70. The van der Waals surface area contributed by atoms with E-state index in [1.807, 2.05) is 62.4 Å². The van der Waals surface area contributed by atoms with Crippen molar-refractivity contribution in [2.24, 2.45) is 0 Å². The van der Waals surface area contributed by atoms with Gasteiger partial charge in [-0.3, -0.25) is 0 Å². The Bertz CT molecular complexity index is 532. The molecule has 3 nitrogen and oxygen atoms in total. The molecule has 0 aliphatic heterocycles. The number of rotatable bonds is 6. The highest BCUT2D eigenvalue weighted by Crippen LogP contribution is 2.26. The lowest BCUT2D eigenvalue weighted by Crippen LogP contribution is -2.05. The van der Waals surface area contributed by atoms with Gasteiger partial charge in [0.15, 0.2) is 11.5 Å². The summed E-state index contributed by atoms with van der Waals surface area (Å²) in [5.41, 5.74) is 1.09. The molecule has 2 aromatic rings. The Kier molecular flexibility index (Phi) is 4.88. The fourth-order valence-corrected chi connectivity index (χ4v) is 1.84. The Morgan fingerprint density at radius 1 is 0.900 bits per heavy atom. The summed E-state index contributed by atoms with van der Waals surface area (Å²) in [6.07, 6.45) is 0.186. The Morgan fingerprint density at radius 2 is 1.55 bits per heavy atom. The van der Waals surface area contributed by atoms with Gasteiger partial charge >= 0.3 is 0 Å². The minimum atomic E-state index is 0.186. The van der Waals surface area contributed by atoms with Crippen molar-refractivity contribution in [3.8, 4) is 17.2 Å². The maximum absolute atomic E-state index is 5.77. The summed E-state index contributed by atoms with van der Waals surface area (Å²) in [7, 11) is 1.64. The van der Waals surface area contributed by atoms with Crippen LogP contribution in [-0.2, 0) is 6.61 Å². The highest BCUT2D eigenvalue weighted by Gasteiger charge is 2.03. The Balaban J connectivity index is 1.97.